The van der Waals surface area contributed by atoms with Crippen molar-refractivity contribution in [2.45, 2.75) is 18.9 Å². The molecule has 1 aliphatic heterocycles. The zero-order valence-electron chi connectivity index (χ0n) is 10.8. The lowest BCUT2D eigenvalue weighted by molar-refractivity contribution is 0.0698. The number of aromatic carboxylic acids is 1. The van der Waals surface area contributed by atoms with Crippen LogP contribution in [0, 0.1) is 0 Å². The van der Waals surface area contributed by atoms with Crippen molar-refractivity contribution in [1.29, 1.82) is 0 Å². The van der Waals surface area contributed by atoms with Crippen molar-refractivity contribution in [1.82, 2.24) is 10.6 Å². The largest absolute Gasteiger partial charge is 0.478 e. The highest BCUT2D eigenvalue weighted by Crippen LogP contribution is 2.21. The molecule has 0 atom stereocenters. The van der Waals surface area contributed by atoms with Gasteiger partial charge in [0, 0.05) is 11.1 Å². The minimum atomic E-state index is -1.11. The van der Waals surface area contributed by atoms with Crippen LogP contribution in [-0.2, 0) is 0 Å². The summed E-state index contributed by atoms with van der Waals surface area (Å²) >= 11 is 5.82. The third kappa shape index (κ3) is 3.85. The van der Waals surface area contributed by atoms with Crippen LogP contribution in [0.1, 0.15) is 23.2 Å². The molecule has 0 spiro atoms. The van der Waals surface area contributed by atoms with Crippen molar-refractivity contribution in [2.24, 2.45) is 0 Å². The zero-order valence-corrected chi connectivity index (χ0v) is 11.5. The number of carboxylic acids is 1. The number of rotatable bonds is 3. The number of hydrogen-bond acceptors (Lipinski definition) is 3. The normalized spacial score (nSPS) is 15.7. The number of amides is 2. The van der Waals surface area contributed by atoms with E-state index in [4.69, 9.17) is 16.7 Å². The molecule has 0 radical (unpaired) electrons. The van der Waals surface area contributed by atoms with Crippen molar-refractivity contribution in [3.8, 4) is 0 Å². The number of benzene rings is 1. The lowest BCUT2D eigenvalue weighted by Crippen LogP contribution is -2.44. The predicted molar refractivity (Wildman–Crippen MR) is 76.5 cm³/mol. The summed E-state index contributed by atoms with van der Waals surface area (Å²) in [5, 5.41) is 18.0. The van der Waals surface area contributed by atoms with Gasteiger partial charge in [0.25, 0.3) is 0 Å². The van der Waals surface area contributed by atoms with Crippen LogP contribution in [-0.4, -0.2) is 36.2 Å². The van der Waals surface area contributed by atoms with E-state index in [0.717, 1.165) is 25.9 Å². The molecule has 1 aromatic carbocycles. The van der Waals surface area contributed by atoms with Crippen molar-refractivity contribution in [3.05, 3.63) is 28.8 Å². The molecule has 1 saturated heterocycles. The summed E-state index contributed by atoms with van der Waals surface area (Å²) in [5.41, 5.74) is 0.200. The molecule has 7 heteroatoms. The summed E-state index contributed by atoms with van der Waals surface area (Å²) in [6.45, 7) is 1.73. The van der Waals surface area contributed by atoms with Crippen molar-refractivity contribution >= 4 is 29.3 Å². The van der Waals surface area contributed by atoms with Gasteiger partial charge in [-0.3, -0.25) is 0 Å². The molecule has 6 nitrogen and oxygen atoms in total. The Morgan fingerprint density at radius 3 is 2.65 bits per heavy atom. The fraction of sp³-hybridized carbons (Fsp3) is 0.385. The first-order chi connectivity index (χ1) is 9.56. The van der Waals surface area contributed by atoms with Crippen LogP contribution in [0.3, 0.4) is 0 Å². The van der Waals surface area contributed by atoms with E-state index in [-0.39, 0.29) is 17.3 Å². The Hall–Kier alpha value is -1.79. The van der Waals surface area contributed by atoms with Crippen LogP contribution >= 0.6 is 11.6 Å². The average molecular weight is 298 g/mol. The summed E-state index contributed by atoms with van der Waals surface area (Å²) in [5.74, 6) is -1.11. The van der Waals surface area contributed by atoms with E-state index in [1.54, 1.807) is 0 Å². The zero-order chi connectivity index (χ0) is 14.5. The van der Waals surface area contributed by atoms with Crippen molar-refractivity contribution < 1.29 is 14.7 Å². The first-order valence-electron chi connectivity index (χ1n) is 6.37. The molecule has 1 heterocycles. The van der Waals surface area contributed by atoms with Gasteiger partial charge in [-0.2, -0.15) is 0 Å². The molecule has 0 saturated carbocycles. The third-order valence-corrected chi connectivity index (χ3v) is 3.37. The Morgan fingerprint density at radius 1 is 1.30 bits per heavy atom. The average Bonchev–Trinajstić information content (AvgIpc) is 2.39. The number of piperidine rings is 1. The molecule has 1 aliphatic rings. The van der Waals surface area contributed by atoms with Crippen LogP contribution in [0.4, 0.5) is 10.5 Å². The van der Waals surface area contributed by atoms with Gasteiger partial charge in [0.2, 0.25) is 0 Å². The number of urea groups is 1. The molecular formula is C13H16ClN3O3. The number of nitrogens with one attached hydrogen (secondary N) is 3. The SMILES string of the molecule is O=C(Nc1cc(Cl)ccc1C(=O)O)NC1CCNCC1. The van der Waals surface area contributed by atoms with Gasteiger partial charge < -0.3 is 21.1 Å². The minimum Gasteiger partial charge on any atom is -0.478 e. The molecule has 0 aliphatic carbocycles. The first kappa shape index (κ1) is 14.6. The summed E-state index contributed by atoms with van der Waals surface area (Å²) < 4.78 is 0. The summed E-state index contributed by atoms with van der Waals surface area (Å²) in [6, 6.07) is 3.95. The quantitative estimate of drug-likeness (QED) is 0.686. The highest BCUT2D eigenvalue weighted by molar-refractivity contribution is 6.31. The van der Waals surface area contributed by atoms with E-state index >= 15 is 0 Å². The Kier molecular flexibility index (Phi) is 4.81. The van der Waals surface area contributed by atoms with E-state index in [9.17, 15) is 9.59 Å². The number of anilines is 1. The molecule has 1 aromatic rings. The molecule has 0 aromatic heterocycles. The Morgan fingerprint density at radius 2 is 2.00 bits per heavy atom. The predicted octanol–water partition coefficient (Wildman–Crippen LogP) is 1.91. The number of carbonyl (C=O) groups excluding carboxylic acids is 1. The monoisotopic (exact) mass is 297 g/mol. The third-order valence-electron chi connectivity index (χ3n) is 3.13. The molecule has 0 unspecified atom stereocenters. The molecule has 2 amide bonds. The Labute approximate surface area is 121 Å². The fourth-order valence-corrected chi connectivity index (χ4v) is 2.29. The molecule has 2 rings (SSSR count). The van der Waals surface area contributed by atoms with Gasteiger partial charge in [0.05, 0.1) is 11.3 Å². The van der Waals surface area contributed by atoms with Crippen molar-refractivity contribution in [3.63, 3.8) is 0 Å². The number of halogens is 1. The topological polar surface area (TPSA) is 90.5 Å². The second-order valence-electron chi connectivity index (χ2n) is 4.62. The number of hydrogen-bond donors (Lipinski definition) is 4. The van der Waals surface area contributed by atoms with Gasteiger partial charge >= 0.3 is 12.0 Å². The standard InChI is InChI=1S/C13H16ClN3O3/c14-8-1-2-10(12(18)19)11(7-8)17-13(20)16-9-3-5-15-6-4-9/h1-2,7,9,15H,3-6H2,(H,18,19)(H2,16,17,20). The van der Waals surface area contributed by atoms with E-state index in [2.05, 4.69) is 16.0 Å². The first-order valence-corrected chi connectivity index (χ1v) is 6.75. The van der Waals surface area contributed by atoms with Crippen molar-refractivity contribution in [2.75, 3.05) is 18.4 Å². The lowest BCUT2D eigenvalue weighted by Gasteiger charge is -2.23. The molecule has 4 N–H and O–H groups in total. The van der Waals surface area contributed by atoms with E-state index < -0.39 is 12.0 Å². The maximum absolute atomic E-state index is 11.9. The summed E-state index contributed by atoms with van der Waals surface area (Å²) in [4.78, 5) is 23.0. The summed E-state index contributed by atoms with van der Waals surface area (Å²) in [7, 11) is 0. The highest BCUT2D eigenvalue weighted by Gasteiger charge is 2.17. The van der Waals surface area contributed by atoms with E-state index in [1.165, 1.54) is 18.2 Å². The second-order valence-corrected chi connectivity index (χ2v) is 5.05. The molecule has 108 valence electrons. The maximum atomic E-state index is 11.9. The number of carboxylic acid groups (broad SMARTS) is 1. The molecule has 20 heavy (non-hydrogen) atoms. The minimum absolute atomic E-state index is 0.00913. The van der Waals surface area contributed by atoms with Gasteiger partial charge in [0.1, 0.15) is 0 Å². The van der Waals surface area contributed by atoms with Gasteiger partial charge in [-0.15, -0.1) is 0 Å². The fourth-order valence-electron chi connectivity index (χ4n) is 2.12. The van der Waals surface area contributed by atoms with Gasteiger partial charge in [-0.25, -0.2) is 9.59 Å². The van der Waals surface area contributed by atoms with Crippen LogP contribution in [0.25, 0.3) is 0 Å². The molecule has 1 fully saturated rings. The van der Waals surface area contributed by atoms with E-state index in [0.29, 0.717) is 5.02 Å². The van der Waals surface area contributed by atoms with Gasteiger partial charge in [0.15, 0.2) is 0 Å². The summed E-state index contributed by atoms with van der Waals surface area (Å²) in [6.07, 6.45) is 1.71. The van der Waals surface area contributed by atoms with E-state index in [1.807, 2.05) is 0 Å². The Bertz CT molecular complexity index is 516. The van der Waals surface area contributed by atoms with Gasteiger partial charge in [-0.05, 0) is 44.1 Å². The van der Waals surface area contributed by atoms with Crippen LogP contribution in [0.15, 0.2) is 18.2 Å². The van der Waals surface area contributed by atoms with Crippen LogP contribution in [0.2, 0.25) is 5.02 Å². The second kappa shape index (κ2) is 6.58. The van der Waals surface area contributed by atoms with Crippen LogP contribution < -0.4 is 16.0 Å². The highest BCUT2D eigenvalue weighted by atomic mass is 35.5. The van der Waals surface area contributed by atoms with Gasteiger partial charge in [-0.1, -0.05) is 11.6 Å². The maximum Gasteiger partial charge on any atom is 0.337 e. The number of carbonyl (C=O) groups is 2. The van der Waals surface area contributed by atoms with Crippen LogP contribution in [0.5, 0.6) is 0 Å². The molecule has 0 bridgehead atoms. The Balaban J connectivity index is 2.03. The molecular weight excluding hydrogens is 282 g/mol. The lowest BCUT2D eigenvalue weighted by atomic mass is 10.1. The smallest absolute Gasteiger partial charge is 0.337 e.